The number of nitrogens with zero attached hydrogens (tertiary/aromatic N) is 2. The first-order valence-corrected chi connectivity index (χ1v) is 9.00. The van der Waals surface area contributed by atoms with E-state index >= 15 is 0 Å². The highest BCUT2D eigenvalue weighted by Crippen LogP contribution is 2.40. The minimum absolute atomic E-state index is 0.136. The van der Waals surface area contributed by atoms with E-state index in [0.29, 0.717) is 10.0 Å². The maximum Gasteiger partial charge on any atom is 0.118 e. The summed E-state index contributed by atoms with van der Waals surface area (Å²) in [7, 11) is 1.66. The Hall–Kier alpha value is -1.62. The maximum atomic E-state index is 6.44. The molecule has 2 aromatic carbocycles. The molecule has 6 heteroatoms. The van der Waals surface area contributed by atoms with Crippen molar-refractivity contribution in [1.82, 2.24) is 9.55 Å². The van der Waals surface area contributed by atoms with E-state index in [1.54, 1.807) is 31.1 Å². The van der Waals surface area contributed by atoms with Crippen LogP contribution in [0.25, 0.3) is 0 Å². The van der Waals surface area contributed by atoms with Crippen LogP contribution in [0.15, 0.2) is 66.1 Å². The van der Waals surface area contributed by atoms with Gasteiger partial charge in [-0.1, -0.05) is 29.3 Å². The molecule has 0 aliphatic carbocycles. The first-order valence-electron chi connectivity index (χ1n) is 7.37. The standard InChI is InChI=1S/C18H16Cl2N2OS/c1-23-14-3-5-15(6-4-14)24-18(11-22-9-8-21-12-22)16-7-2-13(19)10-17(16)20/h2-10,12,18H,11H2,1H3. The molecule has 0 saturated heterocycles. The minimum atomic E-state index is 0.136. The number of hydrogen-bond donors (Lipinski definition) is 0. The lowest BCUT2D eigenvalue weighted by atomic mass is 10.1. The second-order valence-corrected chi connectivity index (χ2v) is 7.33. The highest BCUT2D eigenvalue weighted by atomic mass is 35.5. The van der Waals surface area contributed by atoms with Crippen LogP contribution in [0, 0.1) is 0 Å². The predicted molar refractivity (Wildman–Crippen MR) is 100 cm³/mol. The van der Waals surface area contributed by atoms with Gasteiger partial charge in [-0.3, -0.25) is 0 Å². The zero-order valence-electron chi connectivity index (χ0n) is 13.0. The van der Waals surface area contributed by atoms with Gasteiger partial charge in [-0.25, -0.2) is 4.98 Å². The molecule has 124 valence electrons. The van der Waals surface area contributed by atoms with Crippen LogP contribution < -0.4 is 4.74 Å². The van der Waals surface area contributed by atoms with Gasteiger partial charge in [0.1, 0.15) is 5.75 Å². The molecule has 0 saturated carbocycles. The third kappa shape index (κ3) is 4.26. The van der Waals surface area contributed by atoms with Gasteiger partial charge >= 0.3 is 0 Å². The zero-order valence-corrected chi connectivity index (χ0v) is 15.4. The average Bonchev–Trinajstić information content (AvgIpc) is 3.08. The van der Waals surface area contributed by atoms with Crippen LogP contribution in [0.4, 0.5) is 0 Å². The number of halogens is 2. The fourth-order valence-electron chi connectivity index (χ4n) is 2.37. The third-order valence-electron chi connectivity index (χ3n) is 3.58. The Kier molecular flexibility index (Phi) is 5.72. The van der Waals surface area contributed by atoms with Gasteiger partial charge in [0.2, 0.25) is 0 Å². The zero-order chi connectivity index (χ0) is 16.9. The molecule has 0 aliphatic heterocycles. The Morgan fingerprint density at radius 1 is 1.17 bits per heavy atom. The van der Waals surface area contributed by atoms with Crippen LogP contribution in [0.3, 0.4) is 0 Å². The Bertz CT molecular complexity index is 791. The molecule has 0 spiro atoms. The molecule has 1 unspecified atom stereocenters. The maximum absolute atomic E-state index is 6.44. The molecule has 0 amide bonds. The molecule has 0 radical (unpaired) electrons. The number of hydrogen-bond acceptors (Lipinski definition) is 3. The lowest BCUT2D eigenvalue weighted by Crippen LogP contribution is -2.05. The number of thioether (sulfide) groups is 1. The summed E-state index contributed by atoms with van der Waals surface area (Å²) in [6, 6.07) is 13.7. The van der Waals surface area contributed by atoms with Gasteiger partial charge in [-0.05, 0) is 42.0 Å². The Morgan fingerprint density at radius 3 is 2.58 bits per heavy atom. The lowest BCUT2D eigenvalue weighted by Gasteiger charge is -2.19. The van der Waals surface area contributed by atoms with Crippen molar-refractivity contribution in [2.24, 2.45) is 0 Å². The fourth-order valence-corrected chi connectivity index (χ4v) is 4.17. The van der Waals surface area contributed by atoms with Crippen LogP contribution >= 0.6 is 35.0 Å². The predicted octanol–water partition coefficient (Wildman–Crippen LogP) is 5.73. The van der Waals surface area contributed by atoms with Crippen molar-refractivity contribution in [2.45, 2.75) is 16.7 Å². The van der Waals surface area contributed by atoms with E-state index in [4.69, 9.17) is 27.9 Å². The van der Waals surface area contributed by atoms with Gasteiger partial charge in [-0.2, -0.15) is 0 Å². The SMILES string of the molecule is COc1ccc(SC(Cn2ccnc2)c2ccc(Cl)cc2Cl)cc1. The molecule has 3 nitrogen and oxygen atoms in total. The van der Waals surface area contributed by atoms with Gasteiger partial charge in [-0.15, -0.1) is 11.8 Å². The molecular weight excluding hydrogens is 363 g/mol. The molecular formula is C18H16Cl2N2OS. The van der Waals surface area contributed by atoms with Gasteiger partial charge in [0, 0.05) is 33.9 Å². The van der Waals surface area contributed by atoms with E-state index < -0.39 is 0 Å². The van der Waals surface area contributed by atoms with Crippen LogP contribution in [0.5, 0.6) is 5.75 Å². The van der Waals surface area contributed by atoms with Crippen molar-refractivity contribution >= 4 is 35.0 Å². The molecule has 1 aromatic heterocycles. The molecule has 3 aromatic rings. The highest BCUT2D eigenvalue weighted by molar-refractivity contribution is 7.99. The van der Waals surface area contributed by atoms with Crippen molar-refractivity contribution < 1.29 is 4.74 Å². The molecule has 0 aliphatic rings. The smallest absolute Gasteiger partial charge is 0.118 e. The van der Waals surface area contributed by atoms with Crippen LogP contribution in [0.2, 0.25) is 10.0 Å². The third-order valence-corrected chi connectivity index (χ3v) is 5.38. The number of rotatable bonds is 6. The molecule has 24 heavy (non-hydrogen) atoms. The second-order valence-electron chi connectivity index (χ2n) is 5.21. The first-order chi connectivity index (χ1) is 11.7. The molecule has 0 N–H and O–H groups in total. The summed E-state index contributed by atoms with van der Waals surface area (Å²) in [5, 5.41) is 1.45. The quantitative estimate of drug-likeness (QED) is 0.512. The summed E-state index contributed by atoms with van der Waals surface area (Å²) in [4.78, 5) is 5.26. The van der Waals surface area contributed by atoms with Gasteiger partial charge in [0.25, 0.3) is 0 Å². The Labute approximate surface area is 155 Å². The van der Waals surface area contributed by atoms with Gasteiger partial charge < -0.3 is 9.30 Å². The van der Waals surface area contributed by atoms with E-state index in [2.05, 4.69) is 4.98 Å². The Balaban J connectivity index is 1.88. The van der Waals surface area contributed by atoms with Gasteiger partial charge in [0.05, 0.1) is 18.7 Å². The molecule has 0 fully saturated rings. The summed E-state index contributed by atoms with van der Waals surface area (Å²) in [6.45, 7) is 0.762. The van der Waals surface area contributed by atoms with Crippen molar-refractivity contribution in [3.05, 3.63) is 76.8 Å². The van der Waals surface area contributed by atoms with Crippen LogP contribution in [0.1, 0.15) is 10.8 Å². The monoisotopic (exact) mass is 378 g/mol. The van der Waals surface area contributed by atoms with Crippen molar-refractivity contribution in [3.63, 3.8) is 0 Å². The van der Waals surface area contributed by atoms with E-state index in [-0.39, 0.29) is 5.25 Å². The molecule has 3 rings (SSSR count). The van der Waals surface area contributed by atoms with Crippen molar-refractivity contribution in [3.8, 4) is 5.75 Å². The number of aromatic nitrogens is 2. The number of methoxy groups -OCH3 is 1. The van der Waals surface area contributed by atoms with Crippen LogP contribution in [-0.4, -0.2) is 16.7 Å². The highest BCUT2D eigenvalue weighted by Gasteiger charge is 2.17. The topological polar surface area (TPSA) is 27.1 Å². The van der Waals surface area contributed by atoms with Crippen LogP contribution in [-0.2, 0) is 6.54 Å². The minimum Gasteiger partial charge on any atom is -0.497 e. The summed E-state index contributed by atoms with van der Waals surface area (Å²) in [5.41, 5.74) is 1.05. The van der Waals surface area contributed by atoms with Gasteiger partial charge in [0.15, 0.2) is 0 Å². The van der Waals surface area contributed by atoms with E-state index in [1.165, 1.54) is 0 Å². The lowest BCUT2D eigenvalue weighted by molar-refractivity contribution is 0.414. The number of ether oxygens (including phenoxy) is 1. The number of benzene rings is 2. The summed E-state index contributed by atoms with van der Waals surface area (Å²) in [5.74, 6) is 0.843. The summed E-state index contributed by atoms with van der Waals surface area (Å²) < 4.78 is 7.27. The summed E-state index contributed by atoms with van der Waals surface area (Å²) >= 11 is 14.2. The molecule has 1 atom stereocenters. The average molecular weight is 379 g/mol. The Morgan fingerprint density at radius 2 is 1.96 bits per heavy atom. The summed E-state index contributed by atoms with van der Waals surface area (Å²) in [6.07, 6.45) is 5.54. The normalized spacial score (nSPS) is 12.1. The molecule has 1 heterocycles. The van der Waals surface area contributed by atoms with Crippen molar-refractivity contribution in [1.29, 1.82) is 0 Å². The van der Waals surface area contributed by atoms with E-state index in [1.807, 2.05) is 53.5 Å². The second kappa shape index (κ2) is 7.97. The van der Waals surface area contributed by atoms with Crippen molar-refractivity contribution in [2.75, 3.05) is 7.11 Å². The molecule has 0 bridgehead atoms. The van der Waals surface area contributed by atoms with E-state index in [0.717, 1.165) is 22.8 Å². The first kappa shape index (κ1) is 17.2. The fraction of sp³-hybridized carbons (Fsp3) is 0.167. The van der Waals surface area contributed by atoms with E-state index in [9.17, 15) is 0 Å². The number of imidazole rings is 1. The largest absolute Gasteiger partial charge is 0.497 e.